The molecule has 1 N–H and O–H groups in total. The third-order valence-corrected chi connectivity index (χ3v) is 7.66. The highest BCUT2D eigenvalue weighted by atomic mass is 16.6. The van der Waals surface area contributed by atoms with Gasteiger partial charge in [0.25, 0.3) is 0 Å². The molecule has 0 amide bonds. The van der Waals surface area contributed by atoms with Crippen LogP contribution in [0, 0.1) is 0 Å². The third kappa shape index (κ3) is 35.9. The lowest BCUT2D eigenvalue weighted by Gasteiger charge is -2.15. The molecular weight excluding hydrogens is 596 g/mol. The smallest absolute Gasteiger partial charge is 0.306 e. The number of aliphatic hydroxyl groups is 1. The van der Waals surface area contributed by atoms with Crippen molar-refractivity contribution in [3.05, 3.63) is 85.1 Å². The van der Waals surface area contributed by atoms with Gasteiger partial charge in [-0.05, 0) is 89.9 Å². The van der Waals surface area contributed by atoms with Crippen molar-refractivity contribution in [3.63, 3.8) is 0 Å². The van der Waals surface area contributed by atoms with Gasteiger partial charge in [-0.1, -0.05) is 137 Å². The Morgan fingerprint density at radius 1 is 0.479 bits per heavy atom. The minimum absolute atomic E-state index is 0.104. The Bertz CT molecular complexity index is 937. The molecule has 48 heavy (non-hydrogen) atoms. The number of carbonyl (C=O) groups excluding carboxylic acids is 2. The molecule has 0 aliphatic heterocycles. The summed E-state index contributed by atoms with van der Waals surface area (Å²) in [6.45, 7) is 3.99. The quantitative estimate of drug-likeness (QED) is 0.0429. The first-order valence-corrected chi connectivity index (χ1v) is 19.1. The van der Waals surface area contributed by atoms with Crippen LogP contribution < -0.4 is 0 Å². The highest BCUT2D eigenvalue weighted by Crippen LogP contribution is 2.09. The number of allylic oxidation sites excluding steroid dienone is 14. The Labute approximate surface area is 295 Å². The maximum absolute atomic E-state index is 12.1. The van der Waals surface area contributed by atoms with Gasteiger partial charge in [0, 0.05) is 12.8 Å². The van der Waals surface area contributed by atoms with E-state index in [-0.39, 0.29) is 31.6 Å². The number of rotatable bonds is 33. The van der Waals surface area contributed by atoms with E-state index in [1.807, 2.05) is 0 Å². The lowest BCUT2D eigenvalue weighted by Crippen LogP contribution is -2.28. The Morgan fingerprint density at radius 3 is 1.29 bits per heavy atom. The van der Waals surface area contributed by atoms with Crippen LogP contribution in [0.2, 0.25) is 0 Å². The van der Waals surface area contributed by atoms with E-state index in [1.54, 1.807) is 0 Å². The summed E-state index contributed by atoms with van der Waals surface area (Å²) in [5, 5.41) is 9.54. The van der Waals surface area contributed by atoms with E-state index in [1.165, 1.54) is 51.4 Å². The molecule has 0 radical (unpaired) electrons. The van der Waals surface area contributed by atoms with Crippen LogP contribution in [-0.2, 0) is 19.1 Å². The molecule has 0 aromatic rings. The maximum atomic E-state index is 12.1. The summed E-state index contributed by atoms with van der Waals surface area (Å²) in [7, 11) is 0. The van der Waals surface area contributed by atoms with Crippen LogP contribution in [0.1, 0.15) is 155 Å². The van der Waals surface area contributed by atoms with E-state index in [9.17, 15) is 14.7 Å². The van der Waals surface area contributed by atoms with E-state index < -0.39 is 6.10 Å². The van der Waals surface area contributed by atoms with E-state index in [2.05, 4.69) is 98.9 Å². The lowest BCUT2D eigenvalue weighted by atomic mass is 10.1. The zero-order valence-electron chi connectivity index (χ0n) is 30.7. The van der Waals surface area contributed by atoms with Crippen molar-refractivity contribution >= 4 is 11.9 Å². The molecular formula is C43H70O5. The molecule has 0 spiro atoms. The Kier molecular flexibility index (Phi) is 36.2. The van der Waals surface area contributed by atoms with Crippen molar-refractivity contribution in [1.29, 1.82) is 0 Å². The summed E-state index contributed by atoms with van der Waals surface area (Å²) in [4.78, 5) is 24.2. The molecule has 0 rings (SSSR count). The SMILES string of the molecule is CCCCC/C=C/C/C=C/C/C=C/C/C=C/CCCC(=O)O[C@@H](CO)COC(=O)CCCCCC/C=C/C/C=C/C/C=C/CCCCC. The van der Waals surface area contributed by atoms with Crippen LogP contribution in [0.4, 0.5) is 0 Å². The molecule has 1 atom stereocenters. The van der Waals surface area contributed by atoms with Crippen molar-refractivity contribution in [2.75, 3.05) is 13.2 Å². The first kappa shape index (κ1) is 45.1. The lowest BCUT2D eigenvalue weighted by molar-refractivity contribution is -0.161. The molecule has 0 unspecified atom stereocenters. The van der Waals surface area contributed by atoms with Gasteiger partial charge in [-0.25, -0.2) is 0 Å². The number of carbonyl (C=O) groups is 2. The fourth-order valence-corrected chi connectivity index (χ4v) is 4.73. The predicted molar refractivity (Wildman–Crippen MR) is 205 cm³/mol. The standard InChI is InChI=1S/C43H70O5/c1-3-5-7-9-11-13-15-17-19-21-23-25-27-29-31-33-35-37-42(45)47-40-41(39-44)48-43(46)38-36-34-32-30-28-26-24-22-20-18-16-14-12-10-8-6-4-2/h11-14,17-20,23-26,30,32,41,44H,3-10,15-16,21-22,27-29,31,33-40H2,1-2H3/b13-11+,14-12+,19-17+,20-18+,25-23+,26-24+,32-30+/t41-/m0/s1. The first-order chi connectivity index (χ1) is 23.6. The third-order valence-electron chi connectivity index (χ3n) is 7.66. The summed E-state index contributed by atoms with van der Waals surface area (Å²) in [6, 6.07) is 0. The number of ether oxygens (including phenoxy) is 2. The van der Waals surface area contributed by atoms with Gasteiger partial charge in [0.05, 0.1) is 6.61 Å². The van der Waals surface area contributed by atoms with Gasteiger partial charge < -0.3 is 14.6 Å². The molecule has 0 aliphatic rings. The number of hydrogen-bond donors (Lipinski definition) is 1. The van der Waals surface area contributed by atoms with Gasteiger partial charge in [-0.15, -0.1) is 0 Å². The largest absolute Gasteiger partial charge is 0.462 e. The predicted octanol–water partition coefficient (Wildman–Crippen LogP) is 11.9. The molecule has 0 aliphatic carbocycles. The first-order valence-electron chi connectivity index (χ1n) is 19.1. The minimum Gasteiger partial charge on any atom is -0.462 e. The summed E-state index contributed by atoms with van der Waals surface area (Å²) in [6.07, 6.45) is 52.1. The molecule has 0 aromatic heterocycles. The fourth-order valence-electron chi connectivity index (χ4n) is 4.73. The van der Waals surface area contributed by atoms with E-state index in [4.69, 9.17) is 9.47 Å². The van der Waals surface area contributed by atoms with Gasteiger partial charge in [0.2, 0.25) is 0 Å². The van der Waals surface area contributed by atoms with Gasteiger partial charge in [-0.3, -0.25) is 9.59 Å². The van der Waals surface area contributed by atoms with E-state index in [0.717, 1.165) is 70.6 Å². The summed E-state index contributed by atoms with van der Waals surface area (Å²) >= 11 is 0. The molecule has 0 saturated carbocycles. The Hall–Kier alpha value is -2.92. The van der Waals surface area contributed by atoms with Gasteiger partial charge in [0.1, 0.15) is 6.61 Å². The number of esters is 2. The molecule has 272 valence electrons. The minimum atomic E-state index is -0.813. The molecule has 5 nitrogen and oxygen atoms in total. The van der Waals surface area contributed by atoms with Crippen LogP contribution in [0.25, 0.3) is 0 Å². The second-order valence-electron chi connectivity index (χ2n) is 12.3. The average molecular weight is 667 g/mol. The van der Waals surface area contributed by atoms with Crippen molar-refractivity contribution in [2.24, 2.45) is 0 Å². The zero-order valence-corrected chi connectivity index (χ0v) is 30.7. The van der Waals surface area contributed by atoms with Crippen molar-refractivity contribution in [2.45, 2.75) is 161 Å². The monoisotopic (exact) mass is 667 g/mol. The Morgan fingerprint density at radius 2 is 0.854 bits per heavy atom. The van der Waals surface area contributed by atoms with Gasteiger partial charge in [0.15, 0.2) is 6.10 Å². The topological polar surface area (TPSA) is 72.8 Å². The number of aliphatic hydroxyl groups excluding tert-OH is 1. The van der Waals surface area contributed by atoms with Crippen molar-refractivity contribution < 1.29 is 24.2 Å². The van der Waals surface area contributed by atoms with Crippen LogP contribution in [0.5, 0.6) is 0 Å². The molecule has 0 bridgehead atoms. The van der Waals surface area contributed by atoms with Crippen LogP contribution in [0.15, 0.2) is 85.1 Å². The summed E-state index contributed by atoms with van der Waals surface area (Å²) < 4.78 is 10.5. The molecule has 0 heterocycles. The van der Waals surface area contributed by atoms with Crippen molar-refractivity contribution in [3.8, 4) is 0 Å². The average Bonchev–Trinajstić information content (AvgIpc) is 3.09. The zero-order chi connectivity index (χ0) is 35.0. The normalized spacial score (nSPS) is 13.1. The fraction of sp³-hybridized carbons (Fsp3) is 0.628. The van der Waals surface area contributed by atoms with Gasteiger partial charge in [-0.2, -0.15) is 0 Å². The van der Waals surface area contributed by atoms with Crippen LogP contribution >= 0.6 is 0 Å². The second kappa shape index (κ2) is 38.5. The van der Waals surface area contributed by atoms with Crippen LogP contribution in [-0.4, -0.2) is 36.4 Å². The Balaban J connectivity index is 3.74. The molecule has 0 aromatic carbocycles. The molecule has 0 saturated heterocycles. The molecule has 5 heteroatoms. The summed E-state index contributed by atoms with van der Waals surface area (Å²) in [5.74, 6) is -0.691. The highest BCUT2D eigenvalue weighted by molar-refractivity contribution is 5.70. The second-order valence-corrected chi connectivity index (χ2v) is 12.3. The van der Waals surface area contributed by atoms with E-state index in [0.29, 0.717) is 12.8 Å². The van der Waals surface area contributed by atoms with E-state index >= 15 is 0 Å². The number of hydrogen-bond acceptors (Lipinski definition) is 5. The van der Waals surface area contributed by atoms with Crippen LogP contribution in [0.3, 0.4) is 0 Å². The van der Waals surface area contributed by atoms with Crippen molar-refractivity contribution in [1.82, 2.24) is 0 Å². The summed E-state index contributed by atoms with van der Waals surface area (Å²) in [5.41, 5.74) is 0. The maximum Gasteiger partial charge on any atom is 0.306 e. The van der Waals surface area contributed by atoms with Gasteiger partial charge >= 0.3 is 11.9 Å². The highest BCUT2D eigenvalue weighted by Gasteiger charge is 2.15. The molecule has 0 fully saturated rings. The number of unbranched alkanes of at least 4 members (excludes halogenated alkanes) is 11.